The lowest BCUT2D eigenvalue weighted by molar-refractivity contribution is -0.154. The van der Waals surface area contributed by atoms with Crippen LogP contribution in [0.15, 0.2) is 195 Å². The molecule has 3 aliphatic rings. The number of fused-ring (bicyclic) bond motifs is 2. The highest BCUT2D eigenvalue weighted by Crippen LogP contribution is 2.39. The van der Waals surface area contributed by atoms with Crippen molar-refractivity contribution in [2.24, 2.45) is 14.1 Å². The van der Waals surface area contributed by atoms with E-state index >= 15 is 0 Å². The Morgan fingerprint density at radius 1 is 0.488 bits per heavy atom. The molecule has 3 saturated heterocycles. The summed E-state index contributed by atoms with van der Waals surface area (Å²) in [5.41, 5.74) is 17.0. The number of pyridine rings is 4. The third-order valence-corrected chi connectivity index (χ3v) is 22.1. The Labute approximate surface area is 721 Å². The fraction of sp³-hybridized carbons (Fsp3) is 0.319. The number of hydroxylamine groups is 4. The zero-order chi connectivity index (χ0) is 87.4. The van der Waals surface area contributed by atoms with E-state index in [1.807, 2.05) is 198 Å². The van der Waals surface area contributed by atoms with Gasteiger partial charge < -0.3 is 39.6 Å². The van der Waals surface area contributed by atoms with Gasteiger partial charge in [-0.1, -0.05) is 60.7 Å². The van der Waals surface area contributed by atoms with E-state index in [0.717, 1.165) is 107 Å². The van der Waals surface area contributed by atoms with Gasteiger partial charge >= 0.3 is 18.1 Å². The van der Waals surface area contributed by atoms with Crippen molar-refractivity contribution in [2.75, 3.05) is 85.1 Å². The fourth-order valence-corrected chi connectivity index (χ4v) is 15.8. The number of para-hydroxylation sites is 3. The van der Waals surface area contributed by atoms with E-state index in [9.17, 15) is 18.8 Å². The van der Waals surface area contributed by atoms with Crippen LogP contribution in [0.3, 0.4) is 0 Å². The molecule has 646 valence electrons. The number of aryl methyl sites for hydroxylation is 5. The van der Waals surface area contributed by atoms with Gasteiger partial charge in [-0.05, 0) is 156 Å². The number of carbonyl (C=O) groups is 3. The molecule has 10 aromatic heterocycles. The number of nitrogens with one attached hydrogen (secondary N) is 5. The van der Waals surface area contributed by atoms with Crippen LogP contribution in [-0.2, 0) is 53.9 Å². The first-order chi connectivity index (χ1) is 60.7. The maximum Gasteiger partial charge on any atom is 0.320 e. The van der Waals surface area contributed by atoms with Crippen molar-refractivity contribution in [1.29, 1.82) is 0 Å². The predicted octanol–water partition coefficient (Wildman–Crippen LogP) is 12.6. The third-order valence-electron chi connectivity index (χ3n) is 22.1. The van der Waals surface area contributed by atoms with E-state index in [4.69, 9.17) is 48.7 Å². The van der Waals surface area contributed by atoms with Gasteiger partial charge in [-0.15, -0.1) is 0 Å². The second kappa shape index (κ2) is 39.4. The summed E-state index contributed by atoms with van der Waals surface area (Å²) in [4.78, 5) is 78.7. The Hall–Kier alpha value is -13.5. The molecular weight excluding hydrogens is 1590 g/mol. The fourth-order valence-electron chi connectivity index (χ4n) is 15.8. The van der Waals surface area contributed by atoms with Crippen LogP contribution in [0.4, 0.5) is 25.6 Å². The van der Waals surface area contributed by atoms with Crippen molar-refractivity contribution in [3.8, 4) is 56.8 Å². The number of amides is 5. The van der Waals surface area contributed by atoms with Gasteiger partial charge in [0.1, 0.15) is 29.9 Å². The standard InChI is InChI=1S/C32H35N7O3.C30H33N9O3.C29H32FN7O4/c1-20-16-23(12-14-33-20)30-27(18-26(42-30)13-15-41-4)35-32(40)36-31-21(2)29(37-39(31)25-8-6-5-7-9-25)22-10-11-28-24(17-22)19-34-38(28)3;1-19-14-21(10-11-31-19)27-25(18-38(42-27)12-13-41-4)34-30(40)35-28-20(2)26(36-39(28)24-8-6-5-7-9-24)22-15-23-17-33-37(3)29(23)32-16-22;1-18-12-20(14-31-28(18)30)27-23(17-36(41-27)10-11-39-3)34-25(38)13-24-19(2)26(21-15-32-29(40-4)33-16-21)35-37(24)22-8-6-5-7-9-22/h5-12,14,16-17,19,26-27,30H,13,15,18H2,1-4H3,(H2,35,36,40);5-11,14-17,25,27H,12-13,18H2,1-4H3,(H2,34,35,40);5-9,12,14-16,23,27H,10-11,13,17H2,1-4H3,(H,34,38)/t26-,27-,30+;25-,27+;23-,27+/m111/s1. The lowest BCUT2D eigenvalue weighted by Crippen LogP contribution is -2.42. The molecule has 3 fully saturated rings. The smallest absolute Gasteiger partial charge is 0.320 e. The van der Waals surface area contributed by atoms with Crippen LogP contribution in [0.2, 0.25) is 0 Å². The number of ether oxygens (including phenoxy) is 5. The minimum absolute atomic E-state index is 0.0284. The SMILES string of the molecule is COCCN1C[C@@H](NC(=O)Cc2c(C)c(-c3cnc(OC)nc3)nn2-c2ccccc2)[C@H](c2cnc(F)c(C)c2)O1.COCCN1C[C@@H](NC(=O)Nc2c(C)c(-c3cnc4c(cnn4C)c3)nn2-c2ccccc2)[C@H](c2ccnc(C)c2)O1.COCC[C@@H]1C[C@@H](NC(=O)Nc2c(C)c(-c3ccc4c(cnn4C)c3)nn2-c2ccccc2)[C@H](c2ccnc(C)c2)O1. The molecule has 0 saturated carbocycles. The number of methoxy groups -OCH3 is 4. The summed E-state index contributed by atoms with van der Waals surface area (Å²) in [5, 5.41) is 44.6. The number of nitrogens with zero attached hydrogens (tertiary/aromatic N) is 18. The summed E-state index contributed by atoms with van der Waals surface area (Å²) in [6.07, 6.45) is 13.9. The summed E-state index contributed by atoms with van der Waals surface area (Å²) < 4.78 is 50.0. The monoisotopic (exact) mass is 1690 g/mol. The van der Waals surface area contributed by atoms with Gasteiger partial charge in [-0.2, -0.15) is 40.0 Å². The topological polar surface area (TPSA) is 349 Å². The van der Waals surface area contributed by atoms with E-state index in [1.54, 1.807) is 95.3 Å². The maximum absolute atomic E-state index is 13.9. The Morgan fingerprint density at radius 3 is 1.58 bits per heavy atom. The molecule has 33 nitrogen and oxygen atoms in total. The molecule has 5 N–H and O–H groups in total. The van der Waals surface area contributed by atoms with Crippen molar-refractivity contribution in [1.82, 2.24) is 105 Å². The van der Waals surface area contributed by atoms with Crippen LogP contribution < -0.4 is 31.3 Å². The molecule has 3 aliphatic heterocycles. The number of rotatable bonds is 26. The molecule has 0 spiro atoms. The Morgan fingerprint density at radius 2 is 1.00 bits per heavy atom. The lowest BCUT2D eigenvalue weighted by atomic mass is 10.0. The highest BCUT2D eigenvalue weighted by Gasteiger charge is 2.41. The van der Waals surface area contributed by atoms with E-state index in [1.165, 1.54) is 13.3 Å². The van der Waals surface area contributed by atoms with Crippen LogP contribution in [0.5, 0.6) is 6.01 Å². The molecule has 17 rings (SSSR count). The van der Waals surface area contributed by atoms with Gasteiger partial charge in [0.2, 0.25) is 11.9 Å². The number of hydrogen-bond donors (Lipinski definition) is 5. The number of aromatic nitrogens is 16. The van der Waals surface area contributed by atoms with E-state index in [0.29, 0.717) is 92.1 Å². The van der Waals surface area contributed by atoms with Crippen LogP contribution in [0.1, 0.15) is 87.2 Å². The predicted molar refractivity (Wildman–Crippen MR) is 467 cm³/mol. The van der Waals surface area contributed by atoms with Crippen LogP contribution in [0.25, 0.3) is 72.8 Å². The highest BCUT2D eigenvalue weighted by atomic mass is 19.1. The summed E-state index contributed by atoms with van der Waals surface area (Å²) >= 11 is 0. The third kappa shape index (κ3) is 19.9. The number of urea groups is 2. The zero-order valence-electron chi connectivity index (χ0n) is 71.6. The Bertz CT molecular complexity index is 5840. The van der Waals surface area contributed by atoms with Crippen molar-refractivity contribution in [3.05, 3.63) is 257 Å². The molecular formula is C91H100FN23O10. The minimum atomic E-state index is -0.536. The molecule has 5 amide bonds. The van der Waals surface area contributed by atoms with Gasteiger partial charge in [0.05, 0.1) is 109 Å². The molecule has 13 heterocycles. The summed E-state index contributed by atoms with van der Waals surface area (Å²) in [6.45, 7) is 15.0. The molecule has 0 unspecified atom stereocenters. The number of carbonyl (C=O) groups excluding carboxylic acids is 3. The van der Waals surface area contributed by atoms with E-state index in [-0.39, 0.29) is 60.8 Å². The Balaban J connectivity index is 0.000000145. The maximum atomic E-state index is 13.9. The van der Waals surface area contributed by atoms with Gasteiger partial charge in [0.15, 0.2) is 5.65 Å². The largest absolute Gasteiger partial charge is 0.467 e. The minimum Gasteiger partial charge on any atom is -0.467 e. The molecule has 0 radical (unpaired) electrons. The summed E-state index contributed by atoms with van der Waals surface area (Å²) in [5.74, 6) is 0.422. The van der Waals surface area contributed by atoms with Crippen molar-refractivity contribution < 1.29 is 52.1 Å². The van der Waals surface area contributed by atoms with Gasteiger partial charge in [0, 0.05) is 166 Å². The quantitative estimate of drug-likeness (QED) is 0.0314. The molecule has 125 heavy (non-hydrogen) atoms. The molecule has 14 aromatic rings. The first-order valence-electron chi connectivity index (χ1n) is 41.1. The van der Waals surface area contributed by atoms with Crippen molar-refractivity contribution >= 4 is 51.5 Å². The van der Waals surface area contributed by atoms with Crippen LogP contribution in [0, 0.1) is 47.5 Å². The first-order valence-corrected chi connectivity index (χ1v) is 41.1. The molecule has 0 aliphatic carbocycles. The van der Waals surface area contributed by atoms with Crippen LogP contribution >= 0.6 is 0 Å². The van der Waals surface area contributed by atoms with E-state index in [2.05, 4.69) is 72.8 Å². The Kier molecular flexibility index (Phi) is 27.2. The highest BCUT2D eigenvalue weighted by molar-refractivity contribution is 5.93. The molecule has 4 aromatic carbocycles. The lowest BCUT2D eigenvalue weighted by Gasteiger charge is -2.21. The first kappa shape index (κ1) is 86.5. The van der Waals surface area contributed by atoms with E-state index < -0.39 is 18.1 Å². The summed E-state index contributed by atoms with van der Waals surface area (Å²) in [7, 11) is 10.2. The van der Waals surface area contributed by atoms with Crippen molar-refractivity contribution in [3.63, 3.8) is 0 Å². The normalized spacial score (nSPS) is 17.6. The number of anilines is 2. The van der Waals surface area contributed by atoms with Crippen LogP contribution in [-0.4, -0.2) is 206 Å². The molecule has 0 bridgehead atoms. The number of benzene rings is 4. The summed E-state index contributed by atoms with van der Waals surface area (Å²) in [6, 6.07) is 45.5. The average molecular weight is 1690 g/mol. The average Bonchev–Trinajstić information content (AvgIpc) is 1.63. The van der Waals surface area contributed by atoms with Gasteiger partial charge in [-0.3, -0.25) is 44.4 Å². The second-order valence-corrected chi connectivity index (χ2v) is 30.8. The molecule has 7 atom stereocenters. The molecule has 34 heteroatoms. The second-order valence-electron chi connectivity index (χ2n) is 30.8. The zero-order valence-corrected chi connectivity index (χ0v) is 71.6. The van der Waals surface area contributed by atoms with Gasteiger partial charge in [-0.25, -0.2) is 43.6 Å². The number of halogens is 1. The van der Waals surface area contributed by atoms with Crippen molar-refractivity contribution in [2.45, 2.75) is 103 Å². The van der Waals surface area contributed by atoms with Gasteiger partial charge in [0.25, 0.3) is 0 Å². The number of hydrogen-bond acceptors (Lipinski definition) is 23.